The summed E-state index contributed by atoms with van der Waals surface area (Å²) in [6, 6.07) is 0. The number of esters is 3. The summed E-state index contributed by atoms with van der Waals surface area (Å²) in [4.78, 5) is 38.0. The molecule has 0 aromatic rings. The van der Waals surface area contributed by atoms with E-state index in [1.807, 2.05) is 0 Å². The normalized spacial score (nSPS) is 12.7. The molecule has 0 aliphatic rings. The van der Waals surface area contributed by atoms with Crippen molar-refractivity contribution >= 4 is 17.9 Å². The quantitative estimate of drug-likeness (QED) is 0.0261. The van der Waals surface area contributed by atoms with Gasteiger partial charge in [0.25, 0.3) is 0 Å². The number of hydrogen-bond donors (Lipinski definition) is 0. The van der Waals surface area contributed by atoms with Crippen LogP contribution in [0.4, 0.5) is 0 Å². The number of unbranched alkanes of at least 4 members (excludes halogenated alkanes) is 36. The highest BCUT2D eigenvalue weighted by molar-refractivity contribution is 5.71. The zero-order valence-corrected chi connectivity index (χ0v) is 53.5. The molecule has 0 radical (unpaired) electrons. The van der Waals surface area contributed by atoms with Crippen LogP contribution in [0.3, 0.4) is 0 Å². The second-order valence-corrected chi connectivity index (χ2v) is 23.0. The molecule has 0 N–H and O–H groups in total. The van der Waals surface area contributed by atoms with E-state index in [4.69, 9.17) is 14.2 Å². The number of hydrogen-bond acceptors (Lipinski definition) is 6. The average Bonchev–Trinajstić information content (AvgIpc) is 3.47. The number of rotatable bonds is 63. The van der Waals surface area contributed by atoms with E-state index in [0.717, 1.165) is 116 Å². The van der Waals surface area contributed by atoms with Crippen molar-refractivity contribution in [2.75, 3.05) is 13.2 Å². The van der Waals surface area contributed by atoms with Gasteiger partial charge in [-0.25, -0.2) is 0 Å². The predicted octanol–water partition coefficient (Wildman–Crippen LogP) is 24.0. The summed E-state index contributed by atoms with van der Waals surface area (Å²) in [6.45, 7) is 6.36. The fraction of sp³-hybridized carbons (Fsp3) is 0.747. The second kappa shape index (κ2) is 68.8. The van der Waals surface area contributed by atoms with Crippen LogP contribution < -0.4 is 0 Å². The maximum atomic E-state index is 12.8. The monoisotopic (exact) mass is 1130 g/mol. The number of ether oxygens (including phenoxy) is 3. The molecule has 0 fully saturated rings. The van der Waals surface area contributed by atoms with Crippen molar-refractivity contribution < 1.29 is 28.6 Å². The molecule has 81 heavy (non-hydrogen) atoms. The molecule has 0 aromatic carbocycles. The molecule has 0 saturated carbocycles. The van der Waals surface area contributed by atoms with Gasteiger partial charge in [0.15, 0.2) is 6.10 Å². The van der Waals surface area contributed by atoms with E-state index < -0.39 is 6.10 Å². The first-order valence-corrected chi connectivity index (χ1v) is 34.7. The third kappa shape index (κ3) is 67.0. The van der Waals surface area contributed by atoms with E-state index in [2.05, 4.69) is 118 Å². The highest BCUT2D eigenvalue weighted by Gasteiger charge is 2.19. The molecular formula is C75H130O6. The summed E-state index contributed by atoms with van der Waals surface area (Å²) in [7, 11) is 0. The summed E-state index contributed by atoms with van der Waals surface area (Å²) in [5.41, 5.74) is 0. The van der Waals surface area contributed by atoms with E-state index in [0.29, 0.717) is 19.3 Å². The van der Waals surface area contributed by atoms with Gasteiger partial charge in [0, 0.05) is 19.3 Å². The first-order chi connectivity index (χ1) is 40.0. The van der Waals surface area contributed by atoms with Crippen molar-refractivity contribution in [2.45, 2.75) is 348 Å². The largest absolute Gasteiger partial charge is 0.462 e. The van der Waals surface area contributed by atoms with Gasteiger partial charge in [-0.3, -0.25) is 14.4 Å². The van der Waals surface area contributed by atoms with Crippen LogP contribution in [0.25, 0.3) is 0 Å². The molecule has 0 spiro atoms. The molecular weight excluding hydrogens is 997 g/mol. The van der Waals surface area contributed by atoms with Gasteiger partial charge >= 0.3 is 17.9 Å². The van der Waals surface area contributed by atoms with Gasteiger partial charge in [0.2, 0.25) is 0 Å². The van der Waals surface area contributed by atoms with Crippen LogP contribution in [0.1, 0.15) is 342 Å². The second-order valence-electron chi connectivity index (χ2n) is 23.0. The third-order valence-corrected chi connectivity index (χ3v) is 15.1. The molecule has 0 aliphatic carbocycles. The summed E-state index contributed by atoms with van der Waals surface area (Å²) in [6.07, 6.45) is 93.5. The summed E-state index contributed by atoms with van der Waals surface area (Å²) < 4.78 is 16.8. The molecule has 1 unspecified atom stereocenters. The van der Waals surface area contributed by atoms with Crippen molar-refractivity contribution in [2.24, 2.45) is 0 Å². The molecule has 6 heteroatoms. The molecule has 0 amide bonds. The third-order valence-electron chi connectivity index (χ3n) is 15.1. The molecule has 0 bridgehead atoms. The Morgan fingerprint density at radius 1 is 0.259 bits per heavy atom. The van der Waals surface area contributed by atoms with E-state index >= 15 is 0 Å². The van der Waals surface area contributed by atoms with Crippen molar-refractivity contribution in [3.63, 3.8) is 0 Å². The van der Waals surface area contributed by atoms with Gasteiger partial charge in [0.1, 0.15) is 13.2 Å². The Morgan fingerprint density at radius 2 is 0.481 bits per heavy atom. The Morgan fingerprint density at radius 3 is 0.753 bits per heavy atom. The maximum Gasteiger partial charge on any atom is 0.306 e. The van der Waals surface area contributed by atoms with E-state index in [1.165, 1.54) is 186 Å². The van der Waals surface area contributed by atoms with E-state index in [-0.39, 0.29) is 31.1 Å². The van der Waals surface area contributed by atoms with Crippen LogP contribution in [0.15, 0.2) is 97.2 Å². The van der Waals surface area contributed by atoms with Crippen molar-refractivity contribution in [3.05, 3.63) is 97.2 Å². The Kier molecular flexibility index (Phi) is 65.7. The molecule has 0 saturated heterocycles. The van der Waals surface area contributed by atoms with Crippen LogP contribution >= 0.6 is 0 Å². The SMILES string of the molecule is CC/C=C\C/C=C\C/C=C\C/C=C\CCCCCCCCCCCCCCCCCCCCCCCCC(=O)OCC(COC(=O)CCCCCCC)OC(=O)CCCCCCCCCCCC/C=C\C/C=C\C/C=C\C/C=C\CC. The fourth-order valence-electron chi connectivity index (χ4n) is 9.96. The van der Waals surface area contributed by atoms with Gasteiger partial charge in [-0.1, -0.05) is 323 Å². The Balaban J connectivity index is 3.92. The highest BCUT2D eigenvalue weighted by Crippen LogP contribution is 2.18. The summed E-state index contributed by atoms with van der Waals surface area (Å²) in [5.74, 6) is -0.879. The molecule has 0 aliphatic heterocycles. The lowest BCUT2D eigenvalue weighted by Crippen LogP contribution is -2.30. The number of allylic oxidation sites excluding steroid dienone is 16. The number of carbonyl (C=O) groups is 3. The van der Waals surface area contributed by atoms with Gasteiger partial charge < -0.3 is 14.2 Å². The van der Waals surface area contributed by atoms with Crippen molar-refractivity contribution in [3.8, 4) is 0 Å². The first kappa shape index (κ1) is 77.3. The average molecular weight is 1130 g/mol. The Bertz CT molecular complexity index is 1580. The van der Waals surface area contributed by atoms with Crippen molar-refractivity contribution in [1.82, 2.24) is 0 Å². The summed E-state index contributed by atoms with van der Waals surface area (Å²) >= 11 is 0. The predicted molar refractivity (Wildman–Crippen MR) is 353 cm³/mol. The minimum absolute atomic E-state index is 0.0748. The van der Waals surface area contributed by atoms with Crippen LogP contribution in [0, 0.1) is 0 Å². The van der Waals surface area contributed by atoms with Crippen LogP contribution in [-0.2, 0) is 28.6 Å². The minimum Gasteiger partial charge on any atom is -0.462 e. The van der Waals surface area contributed by atoms with Crippen LogP contribution in [0.2, 0.25) is 0 Å². The molecule has 1 atom stereocenters. The molecule has 466 valence electrons. The van der Waals surface area contributed by atoms with Crippen molar-refractivity contribution in [1.29, 1.82) is 0 Å². The minimum atomic E-state index is -0.775. The lowest BCUT2D eigenvalue weighted by Gasteiger charge is -2.18. The molecule has 0 rings (SSSR count). The Hall–Kier alpha value is -3.67. The first-order valence-electron chi connectivity index (χ1n) is 34.7. The smallest absolute Gasteiger partial charge is 0.306 e. The van der Waals surface area contributed by atoms with Gasteiger partial charge in [0.05, 0.1) is 0 Å². The maximum absolute atomic E-state index is 12.8. The standard InChI is InChI=1S/C75H130O6/c1-4-7-10-13-15-17-19-21-23-25-27-29-31-32-33-34-35-36-37-38-39-40-41-42-44-45-47-49-51-53-55-57-59-62-65-68-74(77)80-71-72(70-79-73(76)67-64-61-12-9-6-3)81-75(78)69-66-63-60-58-56-54-52-50-48-46-43-30-28-26-24-22-20-18-16-14-11-8-5-2/h7-8,10-11,15-18,21-24,27-30,72H,4-6,9,12-14,19-20,25-26,31-71H2,1-3H3/b10-7-,11-8-,17-15-,18-16-,23-21-,24-22-,29-27-,30-28-. The van der Waals surface area contributed by atoms with Gasteiger partial charge in [-0.2, -0.15) is 0 Å². The van der Waals surface area contributed by atoms with E-state index in [9.17, 15) is 14.4 Å². The fourth-order valence-corrected chi connectivity index (χ4v) is 9.96. The lowest BCUT2D eigenvalue weighted by atomic mass is 10.0. The van der Waals surface area contributed by atoms with E-state index in [1.54, 1.807) is 0 Å². The molecule has 0 heterocycles. The zero-order chi connectivity index (χ0) is 58.5. The lowest BCUT2D eigenvalue weighted by molar-refractivity contribution is -0.167. The molecule has 0 aromatic heterocycles. The van der Waals surface area contributed by atoms with Gasteiger partial charge in [-0.05, 0) is 96.3 Å². The zero-order valence-electron chi connectivity index (χ0n) is 53.5. The van der Waals surface area contributed by atoms with Gasteiger partial charge in [-0.15, -0.1) is 0 Å². The molecule has 6 nitrogen and oxygen atoms in total. The Labute approximate surface area is 502 Å². The van der Waals surface area contributed by atoms with Crippen LogP contribution in [-0.4, -0.2) is 37.2 Å². The number of carbonyl (C=O) groups excluding carboxylic acids is 3. The topological polar surface area (TPSA) is 78.9 Å². The highest BCUT2D eigenvalue weighted by atomic mass is 16.6. The summed E-state index contributed by atoms with van der Waals surface area (Å²) in [5, 5.41) is 0. The van der Waals surface area contributed by atoms with Crippen LogP contribution in [0.5, 0.6) is 0 Å².